The van der Waals surface area contributed by atoms with Gasteiger partial charge < -0.3 is 5.73 Å². The number of aromatic nitrogens is 1. The average Bonchev–Trinajstić information content (AvgIpc) is 2.83. The van der Waals surface area contributed by atoms with Crippen molar-refractivity contribution in [2.45, 2.75) is 25.6 Å². The Morgan fingerprint density at radius 2 is 2.06 bits per heavy atom. The van der Waals surface area contributed by atoms with Gasteiger partial charge in [0.1, 0.15) is 5.01 Å². The van der Waals surface area contributed by atoms with Gasteiger partial charge in [-0.3, -0.25) is 0 Å². The molecule has 2 nitrogen and oxygen atoms in total. The third kappa shape index (κ3) is 3.34. The molecule has 0 unspecified atom stereocenters. The topological polar surface area (TPSA) is 38.9 Å². The fraction of sp³-hybridized carbons (Fsp3) is 0.357. The summed E-state index contributed by atoms with van der Waals surface area (Å²) >= 11 is 3.72. The minimum Gasteiger partial charge on any atom is -0.325 e. The first-order valence-corrected chi connectivity index (χ1v) is 8.14. The quantitative estimate of drug-likeness (QED) is 0.814. The Morgan fingerprint density at radius 3 is 2.72 bits per heavy atom. The molecule has 0 aliphatic rings. The van der Waals surface area contributed by atoms with E-state index < -0.39 is 0 Å². The minimum absolute atomic E-state index is 0.513. The molecule has 1 heterocycles. The van der Waals surface area contributed by atoms with Crippen molar-refractivity contribution in [3.8, 4) is 10.4 Å². The highest BCUT2D eigenvalue weighted by molar-refractivity contribution is 7.98. The molecule has 0 fully saturated rings. The second kappa shape index (κ2) is 6.92. The maximum Gasteiger partial charge on any atom is 0.103 e. The van der Waals surface area contributed by atoms with Gasteiger partial charge in [0.05, 0.1) is 10.6 Å². The molecular formula is C14H18N2S2. The summed E-state index contributed by atoms with van der Waals surface area (Å²) in [5.41, 5.74) is 8.04. The molecule has 0 bridgehead atoms. The van der Waals surface area contributed by atoms with Gasteiger partial charge in [-0.15, -0.1) is 11.3 Å². The predicted octanol–water partition coefficient (Wildman–Crippen LogP) is 3.91. The van der Waals surface area contributed by atoms with Gasteiger partial charge in [0, 0.05) is 12.3 Å². The molecule has 2 rings (SSSR count). The Hall–Kier alpha value is -0.840. The van der Waals surface area contributed by atoms with E-state index in [-0.39, 0.29) is 0 Å². The van der Waals surface area contributed by atoms with Crippen LogP contribution < -0.4 is 5.73 Å². The van der Waals surface area contributed by atoms with Gasteiger partial charge in [0.25, 0.3) is 0 Å². The van der Waals surface area contributed by atoms with E-state index in [2.05, 4.69) is 36.2 Å². The Morgan fingerprint density at radius 1 is 1.28 bits per heavy atom. The van der Waals surface area contributed by atoms with Crippen LogP contribution in [0, 0.1) is 0 Å². The van der Waals surface area contributed by atoms with Crippen LogP contribution >= 0.6 is 23.1 Å². The lowest BCUT2D eigenvalue weighted by Gasteiger charge is -1.98. The minimum atomic E-state index is 0.513. The average molecular weight is 278 g/mol. The van der Waals surface area contributed by atoms with Crippen molar-refractivity contribution in [2.24, 2.45) is 5.73 Å². The highest BCUT2D eigenvalue weighted by Gasteiger charge is 2.11. The predicted molar refractivity (Wildman–Crippen MR) is 81.9 cm³/mol. The van der Waals surface area contributed by atoms with Gasteiger partial charge in [-0.25, -0.2) is 4.98 Å². The largest absolute Gasteiger partial charge is 0.325 e. The lowest BCUT2D eigenvalue weighted by atomic mass is 10.1. The summed E-state index contributed by atoms with van der Waals surface area (Å²) in [6.45, 7) is 2.72. The summed E-state index contributed by atoms with van der Waals surface area (Å²) in [5.74, 6) is 2.19. The zero-order chi connectivity index (χ0) is 12.8. The Bertz CT molecular complexity index is 480. The smallest absolute Gasteiger partial charge is 0.103 e. The molecule has 1 aromatic heterocycles. The molecule has 0 aliphatic carbocycles. The highest BCUT2D eigenvalue weighted by Crippen LogP contribution is 2.31. The monoisotopic (exact) mass is 278 g/mol. The zero-order valence-corrected chi connectivity index (χ0v) is 12.2. The molecule has 0 aliphatic heterocycles. The molecule has 0 saturated carbocycles. The molecule has 4 heteroatoms. The molecule has 2 N–H and O–H groups in total. The van der Waals surface area contributed by atoms with Gasteiger partial charge in [-0.2, -0.15) is 11.8 Å². The lowest BCUT2D eigenvalue weighted by Crippen LogP contribution is -1.98. The molecule has 0 amide bonds. The number of nitrogens with two attached hydrogens (primary N) is 1. The van der Waals surface area contributed by atoms with Crippen molar-refractivity contribution in [1.82, 2.24) is 4.98 Å². The van der Waals surface area contributed by atoms with Crippen LogP contribution in [0.25, 0.3) is 10.4 Å². The molecule has 18 heavy (non-hydrogen) atoms. The molecule has 0 atom stereocenters. The Kier molecular flexibility index (Phi) is 5.23. The normalized spacial score (nSPS) is 10.8. The number of rotatable bonds is 6. The molecule has 0 radical (unpaired) electrons. The van der Waals surface area contributed by atoms with Crippen LogP contribution in [0.4, 0.5) is 0 Å². The number of hydrogen-bond acceptors (Lipinski definition) is 4. The van der Waals surface area contributed by atoms with Crippen molar-refractivity contribution in [3.05, 3.63) is 41.0 Å². The second-order valence-electron chi connectivity index (χ2n) is 4.01. The van der Waals surface area contributed by atoms with Crippen LogP contribution in [0.15, 0.2) is 30.3 Å². The Labute approximate surface area is 117 Å². The van der Waals surface area contributed by atoms with Crippen LogP contribution in [0.2, 0.25) is 0 Å². The van der Waals surface area contributed by atoms with E-state index >= 15 is 0 Å². The third-order valence-electron chi connectivity index (χ3n) is 2.54. The SMILES string of the molecule is CCCSCc1nc(CN)c(-c2ccccc2)s1. The van der Waals surface area contributed by atoms with Crippen molar-refractivity contribution in [1.29, 1.82) is 0 Å². The van der Waals surface area contributed by atoms with Gasteiger partial charge in [0.2, 0.25) is 0 Å². The summed E-state index contributed by atoms with van der Waals surface area (Å²) in [7, 11) is 0. The van der Waals surface area contributed by atoms with E-state index in [0.29, 0.717) is 6.54 Å². The van der Waals surface area contributed by atoms with Crippen LogP contribution in [-0.2, 0) is 12.3 Å². The fourth-order valence-electron chi connectivity index (χ4n) is 1.72. The highest BCUT2D eigenvalue weighted by atomic mass is 32.2. The van der Waals surface area contributed by atoms with Crippen molar-refractivity contribution >= 4 is 23.1 Å². The van der Waals surface area contributed by atoms with Crippen LogP contribution in [-0.4, -0.2) is 10.7 Å². The first-order chi connectivity index (χ1) is 8.85. The molecule has 0 spiro atoms. The molecule has 96 valence electrons. The van der Waals surface area contributed by atoms with Crippen molar-refractivity contribution < 1.29 is 0 Å². The van der Waals surface area contributed by atoms with Crippen LogP contribution in [0.3, 0.4) is 0 Å². The second-order valence-corrected chi connectivity index (χ2v) is 6.19. The number of thioether (sulfide) groups is 1. The van der Waals surface area contributed by atoms with E-state index in [1.807, 2.05) is 17.8 Å². The van der Waals surface area contributed by atoms with E-state index in [4.69, 9.17) is 5.73 Å². The van der Waals surface area contributed by atoms with E-state index in [9.17, 15) is 0 Å². The van der Waals surface area contributed by atoms with Gasteiger partial charge in [-0.05, 0) is 17.7 Å². The zero-order valence-electron chi connectivity index (χ0n) is 10.6. The van der Waals surface area contributed by atoms with E-state index in [1.54, 1.807) is 11.3 Å². The van der Waals surface area contributed by atoms with E-state index in [1.165, 1.54) is 27.6 Å². The van der Waals surface area contributed by atoms with E-state index in [0.717, 1.165) is 11.4 Å². The number of thiazole rings is 1. The van der Waals surface area contributed by atoms with Crippen LogP contribution in [0.1, 0.15) is 24.0 Å². The molecular weight excluding hydrogens is 260 g/mol. The fourth-order valence-corrected chi connectivity index (χ4v) is 3.77. The van der Waals surface area contributed by atoms with Crippen molar-refractivity contribution in [3.63, 3.8) is 0 Å². The first kappa shape index (κ1) is 13.6. The molecule has 2 aromatic rings. The number of hydrogen-bond donors (Lipinski definition) is 1. The maximum absolute atomic E-state index is 5.79. The number of benzene rings is 1. The van der Waals surface area contributed by atoms with Gasteiger partial charge in [-0.1, -0.05) is 37.3 Å². The summed E-state index contributed by atoms with van der Waals surface area (Å²) in [6, 6.07) is 10.4. The molecule has 0 saturated heterocycles. The Balaban J connectivity index is 2.19. The van der Waals surface area contributed by atoms with Crippen molar-refractivity contribution in [2.75, 3.05) is 5.75 Å². The maximum atomic E-state index is 5.79. The third-order valence-corrected chi connectivity index (χ3v) is 5.05. The standard InChI is InChI=1S/C14H18N2S2/c1-2-8-17-10-13-16-12(9-15)14(18-13)11-6-4-3-5-7-11/h3-7H,2,8-10,15H2,1H3. The molecule has 1 aromatic carbocycles. The summed E-state index contributed by atoms with van der Waals surface area (Å²) in [6.07, 6.45) is 1.21. The first-order valence-electron chi connectivity index (χ1n) is 6.17. The summed E-state index contributed by atoms with van der Waals surface area (Å²) in [5, 5.41) is 1.19. The lowest BCUT2D eigenvalue weighted by molar-refractivity contribution is 0.997. The van der Waals surface area contributed by atoms with Gasteiger partial charge in [0.15, 0.2) is 0 Å². The van der Waals surface area contributed by atoms with Crippen LogP contribution in [0.5, 0.6) is 0 Å². The van der Waals surface area contributed by atoms with Gasteiger partial charge >= 0.3 is 0 Å². The summed E-state index contributed by atoms with van der Waals surface area (Å²) in [4.78, 5) is 5.88. The number of nitrogens with zero attached hydrogens (tertiary/aromatic N) is 1. The summed E-state index contributed by atoms with van der Waals surface area (Å²) < 4.78 is 0.